The van der Waals surface area contributed by atoms with E-state index in [2.05, 4.69) is 28.0 Å². The molecule has 5 rings (SSSR count). The first-order valence-electron chi connectivity index (χ1n) is 11.3. The Hall–Kier alpha value is -2.58. The second-order valence-corrected chi connectivity index (χ2v) is 8.96. The number of piperidine rings is 1. The van der Waals surface area contributed by atoms with Crippen LogP contribution in [0.25, 0.3) is 10.8 Å². The van der Waals surface area contributed by atoms with E-state index < -0.39 is 0 Å². The van der Waals surface area contributed by atoms with Gasteiger partial charge in [0, 0.05) is 47.9 Å². The smallest absolute Gasteiger partial charge is 0.307 e. The Kier molecular flexibility index (Phi) is 5.35. The number of esters is 1. The van der Waals surface area contributed by atoms with E-state index >= 15 is 0 Å². The number of nitriles is 1. The molecule has 3 heterocycles. The molecule has 2 aromatic carbocycles. The van der Waals surface area contributed by atoms with E-state index in [-0.39, 0.29) is 12.1 Å². The highest BCUT2D eigenvalue weighted by atomic mass is 16.5. The normalized spacial score (nSPS) is 26.1. The zero-order valence-corrected chi connectivity index (χ0v) is 17.4. The van der Waals surface area contributed by atoms with E-state index in [0.29, 0.717) is 18.5 Å². The Morgan fingerprint density at radius 1 is 1.03 bits per heavy atom. The first kappa shape index (κ1) is 19.4. The number of hydrogen-bond donors (Lipinski definition) is 0. The van der Waals surface area contributed by atoms with E-state index in [9.17, 15) is 10.1 Å². The molecule has 0 saturated carbocycles. The van der Waals surface area contributed by atoms with Crippen LogP contribution in [0, 0.1) is 11.3 Å². The Bertz CT molecular complexity index is 962. The molecule has 0 spiro atoms. The van der Waals surface area contributed by atoms with Gasteiger partial charge >= 0.3 is 5.97 Å². The number of benzene rings is 2. The summed E-state index contributed by atoms with van der Waals surface area (Å²) in [6, 6.07) is 15.4. The Balaban J connectivity index is 1.28. The van der Waals surface area contributed by atoms with Crippen LogP contribution < -0.4 is 4.90 Å². The molecule has 0 aliphatic carbocycles. The lowest BCUT2D eigenvalue weighted by Crippen LogP contribution is -2.46. The molecule has 3 aliphatic rings. The van der Waals surface area contributed by atoms with Crippen LogP contribution in [0.4, 0.5) is 5.69 Å². The molecule has 2 aromatic rings. The Morgan fingerprint density at radius 3 is 2.43 bits per heavy atom. The van der Waals surface area contributed by atoms with Gasteiger partial charge in [0.1, 0.15) is 6.10 Å². The molecule has 3 atom stereocenters. The van der Waals surface area contributed by atoms with Gasteiger partial charge in [0.15, 0.2) is 0 Å². The Labute approximate surface area is 178 Å². The van der Waals surface area contributed by atoms with Crippen molar-refractivity contribution in [2.75, 3.05) is 24.5 Å². The monoisotopic (exact) mass is 403 g/mol. The van der Waals surface area contributed by atoms with Crippen LogP contribution in [-0.2, 0) is 9.53 Å². The Morgan fingerprint density at radius 2 is 1.73 bits per heavy atom. The summed E-state index contributed by atoms with van der Waals surface area (Å²) in [7, 11) is 0. The maximum atomic E-state index is 12.4. The van der Waals surface area contributed by atoms with E-state index in [0.717, 1.165) is 61.7 Å². The molecular formula is C25H29N3O2. The third kappa shape index (κ3) is 3.65. The maximum absolute atomic E-state index is 12.4. The molecule has 30 heavy (non-hydrogen) atoms. The molecular weight excluding hydrogens is 374 g/mol. The fraction of sp³-hybridized carbons (Fsp3) is 0.520. The van der Waals surface area contributed by atoms with E-state index in [1.165, 1.54) is 18.5 Å². The van der Waals surface area contributed by atoms with Crippen molar-refractivity contribution in [3.8, 4) is 6.07 Å². The van der Waals surface area contributed by atoms with Crippen LogP contribution in [0.1, 0.15) is 50.5 Å². The number of fused-ring (bicyclic) bond motifs is 3. The molecule has 3 fully saturated rings. The van der Waals surface area contributed by atoms with Crippen molar-refractivity contribution in [1.29, 1.82) is 5.26 Å². The van der Waals surface area contributed by atoms with Gasteiger partial charge in [-0.1, -0.05) is 24.3 Å². The van der Waals surface area contributed by atoms with Gasteiger partial charge in [0.2, 0.25) is 0 Å². The van der Waals surface area contributed by atoms with Crippen molar-refractivity contribution in [1.82, 2.24) is 4.90 Å². The number of carbonyl (C=O) groups is 1. The summed E-state index contributed by atoms with van der Waals surface area (Å²) in [5.41, 5.74) is 1.94. The lowest BCUT2D eigenvalue weighted by Gasteiger charge is -2.40. The maximum Gasteiger partial charge on any atom is 0.307 e. The quantitative estimate of drug-likeness (QED) is 0.699. The summed E-state index contributed by atoms with van der Waals surface area (Å²) >= 11 is 0. The molecule has 5 nitrogen and oxygen atoms in total. The SMILES string of the molecule is N#Cc1ccc(N2[C@@H]3CC[C@H]2C[C@@H](OC(=O)CCN2CCCC2)C3)c2ccccc12. The van der Waals surface area contributed by atoms with Gasteiger partial charge in [0.05, 0.1) is 18.1 Å². The van der Waals surface area contributed by atoms with Crippen molar-refractivity contribution in [2.45, 2.75) is 63.1 Å². The van der Waals surface area contributed by atoms with Crippen LogP contribution in [0.2, 0.25) is 0 Å². The fourth-order valence-corrected chi connectivity index (χ4v) is 5.72. The van der Waals surface area contributed by atoms with Crippen molar-refractivity contribution in [2.24, 2.45) is 0 Å². The van der Waals surface area contributed by atoms with Crippen molar-refractivity contribution in [3.63, 3.8) is 0 Å². The summed E-state index contributed by atoms with van der Waals surface area (Å²) < 4.78 is 5.90. The van der Waals surface area contributed by atoms with Crippen LogP contribution in [0.15, 0.2) is 36.4 Å². The fourth-order valence-electron chi connectivity index (χ4n) is 5.72. The minimum Gasteiger partial charge on any atom is -0.462 e. The summed E-state index contributed by atoms with van der Waals surface area (Å²) in [6.45, 7) is 3.07. The van der Waals surface area contributed by atoms with Gasteiger partial charge in [-0.15, -0.1) is 0 Å². The molecule has 0 radical (unpaired) electrons. The highest BCUT2D eigenvalue weighted by Crippen LogP contribution is 2.43. The van der Waals surface area contributed by atoms with E-state index in [4.69, 9.17) is 4.74 Å². The molecule has 0 unspecified atom stereocenters. The second kappa shape index (κ2) is 8.28. The summed E-state index contributed by atoms with van der Waals surface area (Å²) in [6.07, 6.45) is 7.13. The average molecular weight is 404 g/mol. The number of hydrogen-bond acceptors (Lipinski definition) is 5. The standard InChI is InChI=1S/C25H29N3O2/c26-17-18-7-10-24(23-6-2-1-5-22(18)23)28-19-8-9-20(28)16-21(15-19)30-25(29)11-14-27-12-3-4-13-27/h1-2,5-7,10,19-21H,3-4,8-9,11-16H2/t19-,20+,21+. The van der Waals surface area contributed by atoms with E-state index in [1.54, 1.807) is 0 Å². The highest BCUT2D eigenvalue weighted by molar-refractivity contribution is 5.98. The number of anilines is 1. The van der Waals surface area contributed by atoms with Gasteiger partial charge in [-0.05, 0) is 50.9 Å². The molecule has 3 saturated heterocycles. The number of rotatable bonds is 5. The minimum absolute atomic E-state index is 0.0365. The predicted octanol–water partition coefficient (Wildman–Crippen LogP) is 4.24. The topological polar surface area (TPSA) is 56.6 Å². The highest BCUT2D eigenvalue weighted by Gasteiger charge is 2.42. The summed E-state index contributed by atoms with van der Waals surface area (Å²) in [5.74, 6) is -0.0384. The molecule has 0 N–H and O–H groups in total. The zero-order valence-electron chi connectivity index (χ0n) is 17.4. The van der Waals surface area contributed by atoms with Gasteiger partial charge in [0.25, 0.3) is 0 Å². The van der Waals surface area contributed by atoms with Crippen molar-refractivity contribution < 1.29 is 9.53 Å². The number of ether oxygens (including phenoxy) is 1. The largest absolute Gasteiger partial charge is 0.462 e. The molecule has 156 valence electrons. The molecule has 3 aliphatic heterocycles. The van der Waals surface area contributed by atoms with Crippen molar-refractivity contribution >= 4 is 22.4 Å². The number of likely N-dealkylation sites (tertiary alicyclic amines) is 1. The van der Waals surface area contributed by atoms with Crippen LogP contribution >= 0.6 is 0 Å². The molecule has 0 aromatic heterocycles. The average Bonchev–Trinajstić information content (AvgIpc) is 3.37. The van der Waals surface area contributed by atoms with Gasteiger partial charge < -0.3 is 14.5 Å². The van der Waals surface area contributed by atoms with Gasteiger partial charge in [-0.3, -0.25) is 4.79 Å². The predicted molar refractivity (Wildman–Crippen MR) is 117 cm³/mol. The third-order valence-corrected chi connectivity index (χ3v) is 7.12. The van der Waals surface area contributed by atoms with Crippen LogP contribution in [0.5, 0.6) is 0 Å². The van der Waals surface area contributed by atoms with E-state index in [1.807, 2.05) is 24.3 Å². The lowest BCUT2D eigenvalue weighted by atomic mass is 9.96. The first-order chi connectivity index (χ1) is 14.7. The summed E-state index contributed by atoms with van der Waals surface area (Å²) in [4.78, 5) is 17.3. The summed E-state index contributed by atoms with van der Waals surface area (Å²) in [5, 5.41) is 11.6. The third-order valence-electron chi connectivity index (χ3n) is 7.12. The number of nitrogens with zero attached hydrogens (tertiary/aromatic N) is 3. The van der Waals surface area contributed by atoms with Gasteiger partial charge in [-0.25, -0.2) is 0 Å². The molecule has 5 heteroatoms. The lowest BCUT2D eigenvalue weighted by molar-refractivity contribution is -0.150. The first-order valence-corrected chi connectivity index (χ1v) is 11.3. The van der Waals surface area contributed by atoms with Gasteiger partial charge in [-0.2, -0.15) is 5.26 Å². The van der Waals surface area contributed by atoms with Crippen LogP contribution in [-0.4, -0.2) is 48.7 Å². The zero-order chi connectivity index (χ0) is 20.5. The minimum atomic E-state index is -0.0384. The molecule has 2 bridgehead atoms. The number of carbonyl (C=O) groups excluding carboxylic acids is 1. The molecule has 0 amide bonds. The van der Waals surface area contributed by atoms with Crippen molar-refractivity contribution in [3.05, 3.63) is 42.0 Å². The van der Waals surface area contributed by atoms with Crippen LogP contribution in [0.3, 0.4) is 0 Å². The second-order valence-electron chi connectivity index (χ2n) is 8.96.